The van der Waals surface area contributed by atoms with E-state index in [1.54, 1.807) is 0 Å². The number of rotatable bonds is 3. The lowest BCUT2D eigenvalue weighted by molar-refractivity contribution is 0.0582. The van der Waals surface area contributed by atoms with Crippen LogP contribution in [-0.2, 0) is 14.9 Å². The average molecular weight is 274 g/mol. The molecule has 0 spiro atoms. The summed E-state index contributed by atoms with van der Waals surface area (Å²) >= 11 is 0. The van der Waals surface area contributed by atoms with Gasteiger partial charge in [-0.15, -0.1) is 0 Å². The van der Waals surface area contributed by atoms with Crippen molar-refractivity contribution < 1.29 is 32.4 Å². The van der Waals surface area contributed by atoms with Crippen molar-refractivity contribution in [3.05, 3.63) is 28.8 Å². The van der Waals surface area contributed by atoms with Gasteiger partial charge in [-0.05, 0) is 24.6 Å². The van der Waals surface area contributed by atoms with E-state index in [-0.39, 0.29) is 11.1 Å². The summed E-state index contributed by atoms with van der Waals surface area (Å²) in [7, 11) is -3.50. The number of hydrogen-bond acceptors (Lipinski definition) is 5. The Labute approximate surface area is 103 Å². The molecular formula is C10H10O7S. The molecule has 1 rings (SSSR count). The number of carboxylic acid groups (broad SMARTS) is 1. The van der Waals surface area contributed by atoms with Crippen LogP contribution < -0.4 is 0 Å². The van der Waals surface area contributed by atoms with Crippen molar-refractivity contribution in [2.24, 2.45) is 0 Å². The third-order valence-corrected chi connectivity index (χ3v) is 3.06. The lowest BCUT2D eigenvalue weighted by atomic mass is 10.0. The smallest absolute Gasteiger partial charge is 0.338 e. The van der Waals surface area contributed by atoms with E-state index < -0.39 is 32.5 Å². The van der Waals surface area contributed by atoms with Crippen LogP contribution in [0.2, 0.25) is 0 Å². The molecule has 18 heavy (non-hydrogen) atoms. The topological polar surface area (TPSA) is 118 Å². The number of esters is 1. The molecule has 8 heteroatoms. The van der Waals surface area contributed by atoms with Crippen LogP contribution in [0.3, 0.4) is 0 Å². The zero-order valence-electron chi connectivity index (χ0n) is 9.50. The van der Waals surface area contributed by atoms with E-state index >= 15 is 0 Å². The highest BCUT2D eigenvalue weighted by atomic mass is 32.2. The molecule has 98 valence electrons. The van der Waals surface area contributed by atoms with Crippen molar-refractivity contribution >= 4 is 22.1 Å². The van der Waals surface area contributed by atoms with Gasteiger partial charge in [-0.25, -0.2) is 9.59 Å². The first-order chi connectivity index (χ1) is 8.18. The highest BCUT2D eigenvalue weighted by Crippen LogP contribution is 2.21. The van der Waals surface area contributed by atoms with Gasteiger partial charge >= 0.3 is 11.9 Å². The van der Waals surface area contributed by atoms with Gasteiger partial charge in [-0.2, -0.15) is 8.42 Å². The first-order valence-electron chi connectivity index (χ1n) is 4.62. The number of carbonyl (C=O) groups is 2. The zero-order valence-corrected chi connectivity index (χ0v) is 10.3. The molecule has 0 aliphatic rings. The first-order valence-corrected chi connectivity index (χ1v) is 6.06. The summed E-state index contributed by atoms with van der Waals surface area (Å²) in [6, 6.07) is 1.73. The second-order valence-corrected chi connectivity index (χ2v) is 4.86. The van der Waals surface area contributed by atoms with E-state index in [9.17, 15) is 18.0 Å². The molecule has 0 atom stereocenters. The summed E-state index contributed by atoms with van der Waals surface area (Å²) < 4.78 is 35.2. The maximum atomic E-state index is 11.4. The van der Waals surface area contributed by atoms with Crippen LogP contribution in [0.4, 0.5) is 0 Å². The molecule has 0 aromatic heterocycles. The van der Waals surface area contributed by atoms with Gasteiger partial charge in [0.25, 0.3) is 10.1 Å². The van der Waals surface area contributed by atoms with Gasteiger partial charge in [0.2, 0.25) is 0 Å². The second-order valence-electron chi connectivity index (χ2n) is 3.43. The van der Waals surface area contributed by atoms with E-state index in [1.807, 2.05) is 0 Å². The van der Waals surface area contributed by atoms with Gasteiger partial charge in [0.15, 0.2) is 0 Å². The van der Waals surface area contributed by atoms with Gasteiger partial charge < -0.3 is 9.84 Å². The van der Waals surface area contributed by atoms with E-state index in [2.05, 4.69) is 4.74 Å². The van der Waals surface area contributed by atoms with Gasteiger partial charge in [0, 0.05) is 0 Å². The fourth-order valence-electron chi connectivity index (χ4n) is 1.46. The first kappa shape index (κ1) is 14.1. The summed E-state index contributed by atoms with van der Waals surface area (Å²) in [4.78, 5) is 21.8. The average Bonchev–Trinajstić information content (AvgIpc) is 2.25. The highest BCUT2D eigenvalue weighted by Gasteiger charge is 2.23. The summed E-state index contributed by atoms with van der Waals surface area (Å²) in [5.74, 6) is -2.39. The fraction of sp³-hybridized carbons (Fsp3) is 0.200. The standard InChI is InChI=1S/C10H10O7S/c1-5-3-6(18(14,15)16)4-7(10(13)17-2)8(5)9(11)12/h3-4H,1-2H3,(H,11,12)(H,14,15,16). The van der Waals surface area contributed by atoms with Crippen molar-refractivity contribution in [2.75, 3.05) is 7.11 Å². The molecule has 0 aliphatic heterocycles. The molecule has 1 aromatic rings. The minimum absolute atomic E-state index is 0.0259. The van der Waals surface area contributed by atoms with Gasteiger partial charge in [0.05, 0.1) is 23.1 Å². The number of benzene rings is 1. The Morgan fingerprint density at radius 3 is 2.22 bits per heavy atom. The molecular weight excluding hydrogens is 264 g/mol. The minimum Gasteiger partial charge on any atom is -0.478 e. The summed E-state index contributed by atoms with van der Waals surface area (Å²) in [5, 5.41) is 8.96. The van der Waals surface area contributed by atoms with Crippen LogP contribution in [-0.4, -0.2) is 37.1 Å². The molecule has 0 saturated heterocycles. The molecule has 0 fully saturated rings. The van der Waals surface area contributed by atoms with Crippen LogP contribution in [0.15, 0.2) is 17.0 Å². The summed E-state index contributed by atoms with van der Waals surface area (Å²) in [6.45, 7) is 1.31. The number of ether oxygens (including phenoxy) is 1. The summed E-state index contributed by atoms with van der Waals surface area (Å²) in [6.07, 6.45) is 0. The van der Waals surface area contributed by atoms with Crippen LogP contribution in [0.1, 0.15) is 26.3 Å². The zero-order chi connectivity index (χ0) is 14.1. The van der Waals surface area contributed by atoms with Crippen molar-refractivity contribution in [1.29, 1.82) is 0 Å². The molecule has 0 bridgehead atoms. The van der Waals surface area contributed by atoms with E-state index in [0.29, 0.717) is 0 Å². The van der Waals surface area contributed by atoms with Crippen LogP contribution in [0, 0.1) is 6.92 Å². The molecule has 0 saturated carbocycles. The molecule has 0 aliphatic carbocycles. The Morgan fingerprint density at radius 1 is 1.28 bits per heavy atom. The Morgan fingerprint density at radius 2 is 1.83 bits per heavy atom. The SMILES string of the molecule is COC(=O)c1cc(S(=O)(=O)O)cc(C)c1C(=O)O. The Kier molecular flexibility index (Phi) is 3.73. The molecule has 0 amide bonds. The summed E-state index contributed by atoms with van der Waals surface area (Å²) in [5.41, 5.74) is -0.773. The largest absolute Gasteiger partial charge is 0.478 e. The predicted octanol–water partition coefficient (Wildman–Crippen LogP) is 0.727. The number of carbonyl (C=O) groups excluding carboxylic acids is 1. The molecule has 0 unspecified atom stereocenters. The molecule has 7 nitrogen and oxygen atoms in total. The third-order valence-electron chi connectivity index (χ3n) is 2.23. The van der Waals surface area contributed by atoms with Gasteiger partial charge in [-0.3, -0.25) is 4.55 Å². The molecule has 2 N–H and O–H groups in total. The van der Waals surface area contributed by atoms with Crippen molar-refractivity contribution in [1.82, 2.24) is 0 Å². The quantitative estimate of drug-likeness (QED) is 0.616. The Bertz CT molecular complexity index is 615. The van der Waals surface area contributed by atoms with Gasteiger partial charge in [0.1, 0.15) is 0 Å². The maximum Gasteiger partial charge on any atom is 0.338 e. The molecule has 0 radical (unpaired) electrons. The number of methoxy groups -OCH3 is 1. The number of carboxylic acids is 1. The Balaban J connectivity index is 3.68. The van der Waals surface area contributed by atoms with Crippen molar-refractivity contribution in [3.8, 4) is 0 Å². The highest BCUT2D eigenvalue weighted by molar-refractivity contribution is 7.85. The monoisotopic (exact) mass is 274 g/mol. The minimum atomic E-state index is -4.53. The van der Waals surface area contributed by atoms with Crippen molar-refractivity contribution in [3.63, 3.8) is 0 Å². The van der Waals surface area contributed by atoms with Crippen molar-refractivity contribution in [2.45, 2.75) is 11.8 Å². The van der Waals surface area contributed by atoms with Crippen LogP contribution in [0.25, 0.3) is 0 Å². The van der Waals surface area contributed by atoms with Gasteiger partial charge in [-0.1, -0.05) is 0 Å². The fourth-order valence-corrected chi connectivity index (χ4v) is 2.05. The van der Waals surface area contributed by atoms with E-state index in [1.165, 1.54) is 6.92 Å². The maximum absolute atomic E-state index is 11.4. The second kappa shape index (κ2) is 4.75. The van der Waals surface area contributed by atoms with Crippen LogP contribution >= 0.6 is 0 Å². The van der Waals surface area contributed by atoms with Crippen LogP contribution in [0.5, 0.6) is 0 Å². The predicted molar refractivity (Wildman–Crippen MR) is 59.3 cm³/mol. The van der Waals surface area contributed by atoms with E-state index in [4.69, 9.17) is 9.66 Å². The number of aryl methyl sites for hydroxylation is 1. The number of aromatic carboxylic acids is 1. The molecule has 0 heterocycles. The third kappa shape index (κ3) is 2.66. The normalized spacial score (nSPS) is 11.1. The molecule has 1 aromatic carbocycles. The lowest BCUT2D eigenvalue weighted by Crippen LogP contribution is -2.14. The Hall–Kier alpha value is -1.93. The van der Waals surface area contributed by atoms with E-state index in [0.717, 1.165) is 19.2 Å². The lowest BCUT2D eigenvalue weighted by Gasteiger charge is -2.09. The number of hydrogen-bond donors (Lipinski definition) is 2.